The van der Waals surface area contributed by atoms with Crippen LogP contribution in [0.25, 0.3) is 0 Å². The van der Waals surface area contributed by atoms with Crippen molar-refractivity contribution >= 4 is 17.9 Å². The third-order valence-corrected chi connectivity index (χ3v) is 5.51. The van der Waals surface area contributed by atoms with Crippen LogP contribution in [0.15, 0.2) is 24.3 Å². The lowest BCUT2D eigenvalue weighted by Gasteiger charge is -2.34. The molecule has 1 aromatic carbocycles. The van der Waals surface area contributed by atoms with Crippen LogP contribution in [-0.2, 0) is 14.3 Å². The minimum absolute atomic E-state index is 0.260. The third-order valence-electron chi connectivity index (χ3n) is 5.51. The van der Waals surface area contributed by atoms with E-state index in [4.69, 9.17) is 11.2 Å². The fraction of sp³-hybridized carbons (Fsp3) is 0.607. The van der Waals surface area contributed by atoms with Crippen LogP contribution < -0.4 is 10.6 Å². The Hall–Kier alpha value is -3.05. The molecule has 0 saturated heterocycles. The molecule has 0 aromatic heterocycles. The van der Waals surface area contributed by atoms with Crippen molar-refractivity contribution in [1.29, 1.82) is 0 Å². The van der Waals surface area contributed by atoms with Crippen molar-refractivity contribution in [2.75, 3.05) is 19.7 Å². The summed E-state index contributed by atoms with van der Waals surface area (Å²) in [5.41, 5.74) is 0.243. The predicted octanol–water partition coefficient (Wildman–Crippen LogP) is 3.92. The topological polar surface area (TPSA) is 108 Å². The van der Waals surface area contributed by atoms with Crippen molar-refractivity contribution < 1.29 is 24.2 Å². The summed E-state index contributed by atoms with van der Waals surface area (Å²) in [5.74, 6) is 1.67. The number of hydrogen-bond donors (Lipinski definition) is 3. The molecule has 2 atom stereocenters. The van der Waals surface area contributed by atoms with Crippen LogP contribution in [0.1, 0.15) is 90.3 Å². The molecule has 3 amide bonds. The molecular formula is C28H43N3O5. The first-order valence-electron chi connectivity index (χ1n) is 12.8. The fourth-order valence-electron chi connectivity index (χ4n) is 3.71. The van der Waals surface area contributed by atoms with Crippen LogP contribution in [0.2, 0.25) is 0 Å². The fourth-order valence-corrected chi connectivity index (χ4v) is 3.71. The summed E-state index contributed by atoms with van der Waals surface area (Å²) < 4.78 is 5.27. The van der Waals surface area contributed by atoms with E-state index in [1.807, 2.05) is 6.92 Å². The smallest absolute Gasteiger partial charge is 0.408 e. The summed E-state index contributed by atoms with van der Waals surface area (Å²) in [7, 11) is 0. The van der Waals surface area contributed by atoms with Crippen LogP contribution in [0, 0.1) is 12.3 Å². The Labute approximate surface area is 216 Å². The average Bonchev–Trinajstić information content (AvgIpc) is 2.83. The molecule has 0 aliphatic rings. The quantitative estimate of drug-likeness (QED) is 0.265. The highest BCUT2D eigenvalue weighted by molar-refractivity contribution is 5.92. The molecule has 0 saturated carbocycles. The van der Waals surface area contributed by atoms with Gasteiger partial charge in [0, 0.05) is 18.7 Å². The zero-order chi connectivity index (χ0) is 27.1. The van der Waals surface area contributed by atoms with Crippen molar-refractivity contribution in [2.24, 2.45) is 0 Å². The van der Waals surface area contributed by atoms with Crippen LogP contribution in [0.5, 0.6) is 0 Å². The number of unbranched alkanes of at least 4 members (excludes halogenated alkanes) is 4. The molecular weight excluding hydrogens is 458 g/mol. The van der Waals surface area contributed by atoms with Crippen molar-refractivity contribution in [1.82, 2.24) is 15.5 Å². The molecule has 200 valence electrons. The molecule has 1 rings (SSSR count). The average molecular weight is 502 g/mol. The van der Waals surface area contributed by atoms with Gasteiger partial charge in [-0.15, -0.1) is 6.42 Å². The van der Waals surface area contributed by atoms with E-state index in [1.165, 1.54) is 4.90 Å². The summed E-state index contributed by atoms with van der Waals surface area (Å²) in [6.07, 6.45) is 10.1. The number of aliphatic hydroxyl groups excluding tert-OH is 1. The monoisotopic (exact) mass is 501 g/mol. The number of nitrogens with one attached hydrogen (secondary N) is 2. The maximum absolute atomic E-state index is 13.8. The van der Waals surface area contributed by atoms with E-state index >= 15 is 0 Å². The van der Waals surface area contributed by atoms with Gasteiger partial charge >= 0.3 is 6.09 Å². The highest BCUT2D eigenvalue weighted by Crippen LogP contribution is 2.26. The Morgan fingerprint density at radius 2 is 1.75 bits per heavy atom. The van der Waals surface area contributed by atoms with Gasteiger partial charge in [-0.3, -0.25) is 9.59 Å². The van der Waals surface area contributed by atoms with E-state index in [2.05, 4.69) is 23.5 Å². The first-order chi connectivity index (χ1) is 17.1. The molecule has 0 radical (unpaired) electrons. The molecule has 0 spiro atoms. The minimum Gasteiger partial charge on any atom is -0.444 e. The number of carbonyl (C=O) groups excluding carboxylic acids is 3. The molecule has 8 heteroatoms. The van der Waals surface area contributed by atoms with Gasteiger partial charge in [-0.25, -0.2) is 4.79 Å². The summed E-state index contributed by atoms with van der Waals surface area (Å²) >= 11 is 0. The molecule has 0 heterocycles. The molecule has 0 bridgehead atoms. The maximum Gasteiger partial charge on any atom is 0.408 e. The maximum atomic E-state index is 13.8. The molecule has 2 unspecified atom stereocenters. The Morgan fingerprint density at radius 3 is 2.33 bits per heavy atom. The van der Waals surface area contributed by atoms with Gasteiger partial charge in [-0.05, 0) is 45.2 Å². The Morgan fingerprint density at radius 1 is 1.08 bits per heavy atom. The van der Waals surface area contributed by atoms with Crippen molar-refractivity contribution in [2.45, 2.75) is 90.8 Å². The number of rotatable bonds is 14. The van der Waals surface area contributed by atoms with Crippen molar-refractivity contribution in [3.63, 3.8) is 0 Å². The number of carbonyl (C=O) groups is 3. The summed E-state index contributed by atoms with van der Waals surface area (Å²) in [6, 6.07) is 4.71. The van der Waals surface area contributed by atoms with Gasteiger partial charge in [0.25, 0.3) is 0 Å². The zero-order valence-corrected chi connectivity index (χ0v) is 22.4. The lowest BCUT2D eigenvalue weighted by Crippen LogP contribution is -2.54. The van der Waals surface area contributed by atoms with Gasteiger partial charge in [0.05, 0.1) is 6.61 Å². The minimum atomic E-state index is -1.28. The van der Waals surface area contributed by atoms with E-state index in [1.54, 1.807) is 45.0 Å². The van der Waals surface area contributed by atoms with E-state index < -0.39 is 36.3 Å². The number of terminal acetylenes is 1. The Bertz CT molecular complexity index is 888. The lowest BCUT2D eigenvalue weighted by molar-refractivity contribution is -0.143. The van der Waals surface area contributed by atoms with E-state index in [9.17, 15) is 19.5 Å². The summed E-state index contributed by atoms with van der Waals surface area (Å²) in [5, 5.41) is 15.4. The molecule has 0 aliphatic carbocycles. The SMILES string of the molecule is C#Cc1ccccc1C(C(=O)NCCCC)N(CCCCCC)C(=O)C(CO)NC(=O)OC(C)(C)C. The van der Waals surface area contributed by atoms with Gasteiger partial charge in [0.15, 0.2) is 0 Å². The summed E-state index contributed by atoms with van der Waals surface area (Å²) in [6.45, 7) is 9.29. The molecule has 36 heavy (non-hydrogen) atoms. The molecule has 0 fully saturated rings. The van der Waals surface area contributed by atoms with Gasteiger partial charge in [-0.2, -0.15) is 0 Å². The second kappa shape index (κ2) is 15.8. The van der Waals surface area contributed by atoms with E-state index in [-0.39, 0.29) is 12.5 Å². The standard InChI is InChI=1S/C28H43N3O5/c1-7-10-12-15-19-31(26(34)23(20-32)30-27(35)36-28(4,5)6)24(25(33)29-18-11-8-2)22-17-14-13-16-21(22)9-3/h3,13-14,16-17,23-24,32H,7-8,10-12,15,18-20H2,1-2,4-6H3,(H,29,33)(H,30,35). The molecule has 0 aliphatic heterocycles. The van der Waals surface area contributed by atoms with E-state index in [0.29, 0.717) is 24.1 Å². The number of alkyl carbamates (subject to hydrolysis) is 1. The molecule has 1 aromatic rings. The number of hydrogen-bond acceptors (Lipinski definition) is 5. The molecule has 8 nitrogen and oxygen atoms in total. The first kappa shape index (κ1) is 31.0. The van der Waals surface area contributed by atoms with E-state index in [0.717, 1.165) is 32.1 Å². The van der Waals surface area contributed by atoms with Crippen LogP contribution >= 0.6 is 0 Å². The Kier molecular flexibility index (Phi) is 13.6. The highest BCUT2D eigenvalue weighted by Gasteiger charge is 2.36. The number of nitrogens with zero attached hydrogens (tertiary/aromatic N) is 1. The van der Waals surface area contributed by atoms with Gasteiger partial charge in [0.2, 0.25) is 11.8 Å². The normalized spacial score (nSPS) is 12.7. The summed E-state index contributed by atoms with van der Waals surface area (Å²) in [4.78, 5) is 41.0. The number of amides is 3. The third kappa shape index (κ3) is 10.3. The van der Waals surface area contributed by atoms with Crippen molar-refractivity contribution in [3.8, 4) is 12.3 Å². The van der Waals surface area contributed by atoms with Crippen molar-refractivity contribution in [3.05, 3.63) is 35.4 Å². The van der Waals surface area contributed by atoms with Crippen LogP contribution in [-0.4, -0.2) is 59.3 Å². The highest BCUT2D eigenvalue weighted by atomic mass is 16.6. The zero-order valence-electron chi connectivity index (χ0n) is 22.4. The van der Waals surface area contributed by atoms with Crippen LogP contribution in [0.4, 0.5) is 4.79 Å². The van der Waals surface area contributed by atoms with Gasteiger partial charge < -0.3 is 25.4 Å². The number of ether oxygens (including phenoxy) is 1. The number of aliphatic hydroxyl groups is 1. The lowest BCUT2D eigenvalue weighted by atomic mass is 9.97. The van der Waals surface area contributed by atoms with Gasteiger partial charge in [0.1, 0.15) is 17.7 Å². The predicted molar refractivity (Wildman–Crippen MR) is 141 cm³/mol. The molecule has 3 N–H and O–H groups in total. The number of benzene rings is 1. The first-order valence-corrected chi connectivity index (χ1v) is 12.8. The largest absolute Gasteiger partial charge is 0.444 e. The van der Waals surface area contributed by atoms with Gasteiger partial charge in [-0.1, -0.05) is 63.7 Å². The second-order valence-corrected chi connectivity index (χ2v) is 9.75. The second-order valence-electron chi connectivity index (χ2n) is 9.75. The van der Waals surface area contributed by atoms with Crippen LogP contribution in [0.3, 0.4) is 0 Å². The Balaban J connectivity index is 3.42.